The Morgan fingerprint density at radius 1 is 1.62 bits per heavy atom. The van der Waals surface area contributed by atoms with Crippen LogP contribution in [0.25, 0.3) is 0 Å². The first-order chi connectivity index (χ1) is 7.60. The van der Waals surface area contributed by atoms with E-state index in [1.165, 1.54) is 6.08 Å². The third kappa shape index (κ3) is 3.08. The normalized spacial score (nSPS) is 25.9. The zero-order valence-corrected chi connectivity index (χ0v) is 10.6. The van der Waals surface area contributed by atoms with Crippen LogP contribution in [0.2, 0.25) is 0 Å². The lowest BCUT2D eigenvalue weighted by Gasteiger charge is -2.40. The van der Waals surface area contributed by atoms with Crippen LogP contribution in [0, 0.1) is 11.8 Å². The van der Waals surface area contributed by atoms with Crippen molar-refractivity contribution >= 4 is 5.91 Å². The molecular formula is C13H23NO2. The average Bonchev–Trinajstić information content (AvgIpc) is 2.28. The highest BCUT2D eigenvalue weighted by Crippen LogP contribution is 2.28. The molecule has 0 aromatic rings. The number of hydrogen-bond donors (Lipinski definition) is 0. The minimum atomic E-state index is 0.0317. The molecule has 0 aromatic carbocycles. The summed E-state index contributed by atoms with van der Waals surface area (Å²) in [5.41, 5.74) is 0. The Labute approximate surface area is 98.5 Å². The molecule has 3 nitrogen and oxygen atoms in total. The number of nitrogens with zero attached hydrogens (tertiary/aromatic N) is 1. The lowest BCUT2D eigenvalue weighted by atomic mass is 9.83. The van der Waals surface area contributed by atoms with Crippen LogP contribution in [0.5, 0.6) is 0 Å². The summed E-state index contributed by atoms with van der Waals surface area (Å²) in [5, 5.41) is 0. The van der Waals surface area contributed by atoms with E-state index >= 15 is 0 Å². The van der Waals surface area contributed by atoms with E-state index in [2.05, 4.69) is 20.4 Å². The van der Waals surface area contributed by atoms with Gasteiger partial charge in [-0.1, -0.05) is 20.4 Å². The molecule has 0 spiro atoms. The molecule has 16 heavy (non-hydrogen) atoms. The van der Waals surface area contributed by atoms with E-state index in [1.807, 2.05) is 4.90 Å². The first-order valence-corrected chi connectivity index (χ1v) is 6.02. The molecule has 1 rings (SSSR count). The summed E-state index contributed by atoms with van der Waals surface area (Å²) in [5.74, 6) is 1.42. The second-order valence-corrected chi connectivity index (χ2v) is 4.87. The Kier molecular flexibility index (Phi) is 5.00. The van der Waals surface area contributed by atoms with Gasteiger partial charge in [0.15, 0.2) is 0 Å². The average molecular weight is 225 g/mol. The van der Waals surface area contributed by atoms with E-state index in [-0.39, 0.29) is 11.9 Å². The van der Waals surface area contributed by atoms with Gasteiger partial charge >= 0.3 is 0 Å². The van der Waals surface area contributed by atoms with E-state index in [1.54, 1.807) is 7.11 Å². The largest absolute Gasteiger partial charge is 0.383 e. The highest BCUT2D eigenvalue weighted by molar-refractivity contribution is 5.87. The van der Waals surface area contributed by atoms with Crippen molar-refractivity contribution in [2.24, 2.45) is 11.8 Å². The molecule has 92 valence electrons. The van der Waals surface area contributed by atoms with Crippen molar-refractivity contribution in [3.8, 4) is 0 Å². The zero-order valence-electron chi connectivity index (χ0n) is 10.6. The highest BCUT2D eigenvalue weighted by Gasteiger charge is 2.31. The van der Waals surface area contributed by atoms with Crippen LogP contribution in [0.4, 0.5) is 0 Å². The highest BCUT2D eigenvalue weighted by atomic mass is 16.5. The maximum Gasteiger partial charge on any atom is 0.246 e. The number of rotatable bonds is 4. The number of carbonyl (C=O) groups excluding carboxylic acids is 1. The Morgan fingerprint density at radius 2 is 2.31 bits per heavy atom. The lowest BCUT2D eigenvalue weighted by Crippen LogP contribution is -2.48. The smallest absolute Gasteiger partial charge is 0.246 e. The summed E-state index contributed by atoms with van der Waals surface area (Å²) in [6.45, 7) is 9.51. The predicted octanol–water partition coefficient (Wildman–Crippen LogP) is 2.08. The van der Waals surface area contributed by atoms with Crippen molar-refractivity contribution in [1.82, 2.24) is 4.90 Å². The summed E-state index contributed by atoms with van der Waals surface area (Å²) in [7, 11) is 1.69. The molecule has 0 bridgehead atoms. The van der Waals surface area contributed by atoms with Gasteiger partial charge in [-0.3, -0.25) is 4.79 Å². The van der Waals surface area contributed by atoms with Gasteiger partial charge in [0.05, 0.1) is 12.6 Å². The monoisotopic (exact) mass is 225 g/mol. The molecule has 0 aromatic heterocycles. The van der Waals surface area contributed by atoms with Crippen LogP contribution < -0.4 is 0 Å². The Morgan fingerprint density at radius 3 is 2.81 bits per heavy atom. The van der Waals surface area contributed by atoms with Crippen molar-refractivity contribution in [3.05, 3.63) is 12.7 Å². The molecule has 1 aliphatic rings. The number of amides is 1. The van der Waals surface area contributed by atoms with Crippen molar-refractivity contribution in [1.29, 1.82) is 0 Å². The second kappa shape index (κ2) is 6.04. The van der Waals surface area contributed by atoms with Crippen LogP contribution in [-0.4, -0.2) is 37.1 Å². The molecule has 0 aliphatic carbocycles. The SMILES string of the molecule is C=CC(=O)N1CCC(C(C)C)CC1COC. The number of methoxy groups -OCH3 is 1. The lowest BCUT2D eigenvalue weighted by molar-refractivity contribution is -0.132. The van der Waals surface area contributed by atoms with Gasteiger partial charge in [0, 0.05) is 13.7 Å². The molecule has 0 N–H and O–H groups in total. The van der Waals surface area contributed by atoms with Crippen molar-refractivity contribution in [2.75, 3.05) is 20.3 Å². The van der Waals surface area contributed by atoms with Crippen molar-refractivity contribution in [2.45, 2.75) is 32.7 Å². The molecule has 1 fully saturated rings. The molecule has 1 amide bonds. The summed E-state index contributed by atoms with van der Waals surface area (Å²) >= 11 is 0. The van der Waals surface area contributed by atoms with E-state index in [0.29, 0.717) is 18.4 Å². The molecule has 1 saturated heterocycles. The standard InChI is InChI=1S/C13H23NO2/c1-5-13(15)14-7-6-11(10(2)3)8-12(14)9-16-4/h5,10-12H,1,6-9H2,2-4H3. The van der Waals surface area contributed by atoms with E-state index < -0.39 is 0 Å². The second-order valence-electron chi connectivity index (χ2n) is 4.87. The van der Waals surface area contributed by atoms with Gasteiger partial charge in [0.1, 0.15) is 0 Å². The number of piperidine rings is 1. The van der Waals surface area contributed by atoms with Crippen molar-refractivity contribution in [3.63, 3.8) is 0 Å². The quantitative estimate of drug-likeness (QED) is 0.686. The summed E-state index contributed by atoms with van der Waals surface area (Å²) < 4.78 is 5.21. The fraction of sp³-hybridized carbons (Fsp3) is 0.769. The topological polar surface area (TPSA) is 29.5 Å². The summed E-state index contributed by atoms with van der Waals surface area (Å²) in [6.07, 6.45) is 3.54. The molecule has 0 saturated carbocycles. The molecule has 3 heteroatoms. The first-order valence-electron chi connectivity index (χ1n) is 6.02. The van der Waals surface area contributed by atoms with Gasteiger partial charge in [0.25, 0.3) is 0 Å². The van der Waals surface area contributed by atoms with Crippen LogP contribution in [0.1, 0.15) is 26.7 Å². The van der Waals surface area contributed by atoms with E-state index in [9.17, 15) is 4.79 Å². The fourth-order valence-corrected chi connectivity index (χ4v) is 2.45. The third-order valence-electron chi connectivity index (χ3n) is 3.52. The summed E-state index contributed by atoms with van der Waals surface area (Å²) in [6, 6.07) is 0.219. The van der Waals surface area contributed by atoms with Crippen molar-refractivity contribution < 1.29 is 9.53 Å². The predicted molar refractivity (Wildman–Crippen MR) is 65.1 cm³/mol. The maximum absolute atomic E-state index is 11.7. The number of ether oxygens (including phenoxy) is 1. The Balaban J connectivity index is 2.66. The third-order valence-corrected chi connectivity index (χ3v) is 3.52. The van der Waals surface area contributed by atoms with E-state index in [0.717, 1.165) is 19.4 Å². The van der Waals surface area contributed by atoms with Crippen LogP contribution in [0.3, 0.4) is 0 Å². The minimum absolute atomic E-state index is 0.0317. The van der Waals surface area contributed by atoms with Gasteiger partial charge in [-0.2, -0.15) is 0 Å². The molecule has 2 unspecified atom stereocenters. The van der Waals surface area contributed by atoms with Gasteiger partial charge < -0.3 is 9.64 Å². The molecule has 2 atom stereocenters. The Bertz CT molecular complexity index is 250. The Hall–Kier alpha value is -0.830. The van der Waals surface area contributed by atoms with Gasteiger partial charge in [0.2, 0.25) is 5.91 Å². The van der Waals surface area contributed by atoms with E-state index in [4.69, 9.17) is 4.74 Å². The van der Waals surface area contributed by atoms with Gasteiger partial charge in [-0.25, -0.2) is 0 Å². The maximum atomic E-state index is 11.7. The number of likely N-dealkylation sites (tertiary alicyclic amines) is 1. The van der Waals surface area contributed by atoms with Crippen LogP contribution >= 0.6 is 0 Å². The van der Waals surface area contributed by atoms with Crippen LogP contribution in [-0.2, 0) is 9.53 Å². The number of carbonyl (C=O) groups is 1. The molecule has 1 heterocycles. The zero-order chi connectivity index (χ0) is 12.1. The van der Waals surface area contributed by atoms with Gasteiger partial charge in [-0.15, -0.1) is 0 Å². The molecule has 0 radical (unpaired) electrons. The molecule has 1 aliphatic heterocycles. The first kappa shape index (κ1) is 13.2. The van der Waals surface area contributed by atoms with Gasteiger partial charge in [-0.05, 0) is 30.8 Å². The minimum Gasteiger partial charge on any atom is -0.383 e. The van der Waals surface area contributed by atoms with Crippen LogP contribution in [0.15, 0.2) is 12.7 Å². The number of hydrogen-bond acceptors (Lipinski definition) is 2. The summed E-state index contributed by atoms with van der Waals surface area (Å²) in [4.78, 5) is 13.6. The molecular weight excluding hydrogens is 202 g/mol. The fourth-order valence-electron chi connectivity index (χ4n) is 2.45.